The molecular formula is C25H25Cl2NO4. The van der Waals surface area contributed by atoms with E-state index >= 15 is 0 Å². The van der Waals surface area contributed by atoms with Crippen LogP contribution in [0.25, 0.3) is 5.76 Å². The van der Waals surface area contributed by atoms with Crippen LogP contribution in [-0.4, -0.2) is 34.3 Å². The number of rotatable bonds is 5. The Morgan fingerprint density at radius 2 is 1.72 bits per heavy atom. The maximum absolute atomic E-state index is 13.2. The van der Waals surface area contributed by atoms with Crippen LogP contribution in [-0.2, 0) is 9.59 Å². The molecule has 1 aliphatic carbocycles. The molecule has 1 saturated heterocycles. The number of likely N-dealkylation sites (tertiary alicyclic amines) is 1. The Kier molecular flexibility index (Phi) is 6.77. The highest BCUT2D eigenvalue weighted by Crippen LogP contribution is 2.43. The molecule has 1 atom stereocenters. The second kappa shape index (κ2) is 9.55. The monoisotopic (exact) mass is 473 g/mol. The summed E-state index contributed by atoms with van der Waals surface area (Å²) in [4.78, 5) is 28.0. The molecule has 1 heterocycles. The lowest BCUT2D eigenvalue weighted by molar-refractivity contribution is -0.141. The number of hydrogen-bond acceptors (Lipinski definition) is 4. The van der Waals surface area contributed by atoms with Crippen LogP contribution in [0.5, 0.6) is 5.75 Å². The van der Waals surface area contributed by atoms with Gasteiger partial charge in [-0.05, 0) is 55.7 Å². The number of benzene rings is 2. The normalized spacial score (nSPS) is 21.2. The minimum atomic E-state index is -0.682. The van der Waals surface area contributed by atoms with E-state index in [1.165, 1.54) is 6.07 Å². The molecule has 2 aliphatic rings. The van der Waals surface area contributed by atoms with Crippen LogP contribution in [0.15, 0.2) is 48.0 Å². The van der Waals surface area contributed by atoms with Gasteiger partial charge in [0.25, 0.3) is 11.7 Å². The van der Waals surface area contributed by atoms with E-state index in [1.54, 1.807) is 17.0 Å². The van der Waals surface area contributed by atoms with Gasteiger partial charge in [0.1, 0.15) is 11.5 Å². The molecular weight excluding hydrogens is 449 g/mol. The fraction of sp³-hybridized carbons (Fsp3) is 0.360. The van der Waals surface area contributed by atoms with Crippen LogP contribution in [0.1, 0.15) is 56.2 Å². The second-order valence-electron chi connectivity index (χ2n) is 8.13. The Labute approximate surface area is 197 Å². The van der Waals surface area contributed by atoms with Gasteiger partial charge in [-0.15, -0.1) is 0 Å². The number of aliphatic hydroxyl groups excluding tert-OH is 1. The molecule has 2 aromatic rings. The van der Waals surface area contributed by atoms with E-state index in [-0.39, 0.29) is 22.4 Å². The molecule has 5 nitrogen and oxygen atoms in total. The van der Waals surface area contributed by atoms with Gasteiger partial charge in [0.2, 0.25) is 0 Å². The van der Waals surface area contributed by atoms with Crippen molar-refractivity contribution in [3.8, 4) is 5.75 Å². The standard InChI is InChI=1S/C25H25Cl2NO4/c1-2-32-18-11-8-15(9-12-18)22-21(23(29)16-10-13-19(26)20(27)14-16)24(30)25(31)28(22)17-6-4-3-5-7-17/h8-14,17,22,29H,2-7H2,1H3/b23-21-. The molecule has 1 aliphatic heterocycles. The number of carbonyl (C=O) groups excluding carboxylic acids is 2. The second-order valence-corrected chi connectivity index (χ2v) is 8.94. The van der Waals surface area contributed by atoms with Crippen molar-refractivity contribution in [2.24, 2.45) is 0 Å². The number of aliphatic hydroxyl groups is 1. The van der Waals surface area contributed by atoms with Crippen molar-refractivity contribution in [2.75, 3.05) is 6.61 Å². The summed E-state index contributed by atoms with van der Waals surface area (Å²) >= 11 is 12.2. The van der Waals surface area contributed by atoms with Crippen molar-refractivity contribution in [3.05, 3.63) is 69.2 Å². The topological polar surface area (TPSA) is 66.8 Å². The van der Waals surface area contributed by atoms with Gasteiger partial charge in [-0.1, -0.05) is 54.6 Å². The van der Waals surface area contributed by atoms with E-state index in [0.29, 0.717) is 22.9 Å². The van der Waals surface area contributed by atoms with Crippen molar-refractivity contribution in [1.29, 1.82) is 0 Å². The van der Waals surface area contributed by atoms with Crippen molar-refractivity contribution in [2.45, 2.75) is 51.1 Å². The lowest BCUT2D eigenvalue weighted by atomic mass is 9.91. The van der Waals surface area contributed by atoms with E-state index in [0.717, 1.165) is 37.7 Å². The molecule has 32 heavy (non-hydrogen) atoms. The molecule has 4 rings (SSSR count). The number of hydrogen-bond donors (Lipinski definition) is 1. The average molecular weight is 474 g/mol. The predicted molar refractivity (Wildman–Crippen MR) is 125 cm³/mol. The molecule has 0 radical (unpaired) electrons. The van der Waals surface area contributed by atoms with Gasteiger partial charge >= 0.3 is 0 Å². The number of carbonyl (C=O) groups is 2. The number of nitrogens with zero attached hydrogens (tertiary/aromatic N) is 1. The Morgan fingerprint density at radius 3 is 2.34 bits per heavy atom. The van der Waals surface area contributed by atoms with Crippen LogP contribution >= 0.6 is 23.2 Å². The van der Waals surface area contributed by atoms with Crippen molar-refractivity contribution in [1.82, 2.24) is 4.90 Å². The number of ether oxygens (including phenoxy) is 1. The van der Waals surface area contributed by atoms with Crippen LogP contribution in [0.4, 0.5) is 0 Å². The summed E-state index contributed by atoms with van der Waals surface area (Å²) in [5.74, 6) is -0.801. The van der Waals surface area contributed by atoms with Crippen molar-refractivity contribution < 1.29 is 19.4 Å². The number of amides is 1. The highest BCUT2D eigenvalue weighted by Gasteiger charge is 2.48. The third-order valence-electron chi connectivity index (χ3n) is 6.15. The molecule has 0 bridgehead atoms. The summed E-state index contributed by atoms with van der Waals surface area (Å²) in [6.45, 7) is 2.44. The molecule has 1 amide bonds. The first kappa shape index (κ1) is 22.7. The molecule has 168 valence electrons. The van der Waals surface area contributed by atoms with Gasteiger partial charge in [-0.3, -0.25) is 9.59 Å². The minimum Gasteiger partial charge on any atom is -0.507 e. The highest BCUT2D eigenvalue weighted by molar-refractivity contribution is 6.47. The average Bonchev–Trinajstić information content (AvgIpc) is 3.07. The predicted octanol–water partition coefficient (Wildman–Crippen LogP) is 6.15. The molecule has 2 fully saturated rings. The molecule has 0 spiro atoms. The largest absolute Gasteiger partial charge is 0.507 e. The Bertz CT molecular complexity index is 1060. The summed E-state index contributed by atoms with van der Waals surface area (Å²) in [6.07, 6.45) is 4.82. The van der Waals surface area contributed by atoms with Gasteiger partial charge in [-0.25, -0.2) is 0 Å². The summed E-state index contributed by atoms with van der Waals surface area (Å²) in [6, 6.07) is 11.3. The number of ketones is 1. The smallest absolute Gasteiger partial charge is 0.295 e. The van der Waals surface area contributed by atoms with E-state index in [4.69, 9.17) is 27.9 Å². The van der Waals surface area contributed by atoms with Crippen molar-refractivity contribution >= 4 is 40.7 Å². The molecule has 2 aromatic carbocycles. The lowest BCUT2D eigenvalue weighted by Gasteiger charge is -2.35. The van der Waals surface area contributed by atoms with Crippen LogP contribution in [0.3, 0.4) is 0 Å². The van der Waals surface area contributed by atoms with Gasteiger partial charge in [-0.2, -0.15) is 0 Å². The zero-order valence-electron chi connectivity index (χ0n) is 17.8. The summed E-state index contributed by atoms with van der Waals surface area (Å²) in [5.41, 5.74) is 1.17. The van der Waals surface area contributed by atoms with Crippen molar-refractivity contribution in [3.63, 3.8) is 0 Å². The fourth-order valence-electron chi connectivity index (χ4n) is 4.63. The number of halogens is 2. The number of Topliss-reactive ketones (excluding diaryl/α,β-unsaturated/α-hetero) is 1. The van der Waals surface area contributed by atoms with E-state index in [2.05, 4.69) is 0 Å². The Hall–Kier alpha value is -2.50. The molecule has 1 N–H and O–H groups in total. The highest BCUT2D eigenvalue weighted by atomic mass is 35.5. The first-order chi connectivity index (χ1) is 15.4. The van der Waals surface area contributed by atoms with Gasteiger partial charge in [0.05, 0.1) is 28.3 Å². The maximum atomic E-state index is 13.2. The van der Waals surface area contributed by atoms with Crippen LogP contribution in [0.2, 0.25) is 10.0 Å². The van der Waals surface area contributed by atoms with Gasteiger partial charge in [0, 0.05) is 11.6 Å². The summed E-state index contributed by atoms with van der Waals surface area (Å²) in [5, 5.41) is 11.8. The van der Waals surface area contributed by atoms with E-state index in [9.17, 15) is 14.7 Å². The molecule has 0 aromatic heterocycles. The molecule has 1 unspecified atom stereocenters. The SMILES string of the molecule is CCOc1ccc(C2/C(=C(/O)c3ccc(Cl)c(Cl)c3)C(=O)C(=O)N2C2CCCCC2)cc1. The van der Waals surface area contributed by atoms with Gasteiger partial charge < -0.3 is 14.7 Å². The first-order valence-electron chi connectivity index (χ1n) is 10.9. The Morgan fingerprint density at radius 1 is 1.03 bits per heavy atom. The van der Waals surface area contributed by atoms with E-state index < -0.39 is 17.7 Å². The third-order valence-corrected chi connectivity index (χ3v) is 6.89. The first-order valence-corrected chi connectivity index (χ1v) is 11.7. The molecule has 1 saturated carbocycles. The third kappa shape index (κ3) is 4.24. The lowest BCUT2D eigenvalue weighted by Crippen LogP contribution is -2.40. The summed E-state index contributed by atoms with van der Waals surface area (Å²) in [7, 11) is 0. The zero-order valence-corrected chi connectivity index (χ0v) is 19.3. The van der Waals surface area contributed by atoms with E-state index in [1.807, 2.05) is 31.2 Å². The molecule has 7 heteroatoms. The minimum absolute atomic E-state index is 0.0455. The summed E-state index contributed by atoms with van der Waals surface area (Å²) < 4.78 is 5.54. The quantitative estimate of drug-likeness (QED) is 0.321. The van der Waals surface area contributed by atoms with Gasteiger partial charge in [0.15, 0.2) is 0 Å². The maximum Gasteiger partial charge on any atom is 0.295 e. The fourth-order valence-corrected chi connectivity index (χ4v) is 4.92. The van der Waals surface area contributed by atoms with Crippen LogP contribution < -0.4 is 4.74 Å². The zero-order chi connectivity index (χ0) is 22.8. The van der Waals surface area contributed by atoms with Crippen LogP contribution in [0, 0.1) is 0 Å². The Balaban J connectivity index is 1.84.